The summed E-state index contributed by atoms with van der Waals surface area (Å²) in [6.45, 7) is 35.2. The lowest BCUT2D eigenvalue weighted by Crippen LogP contribution is -2.38. The van der Waals surface area contributed by atoms with E-state index in [4.69, 9.17) is 9.84 Å². The van der Waals surface area contributed by atoms with Gasteiger partial charge in [0.05, 0.1) is 26.4 Å². The van der Waals surface area contributed by atoms with Crippen LogP contribution in [0.1, 0.15) is 273 Å². The van der Waals surface area contributed by atoms with Gasteiger partial charge in [0.15, 0.2) is 69.1 Å². The van der Waals surface area contributed by atoms with Gasteiger partial charge in [0, 0.05) is 71.2 Å². The molecular weight excluding hydrogens is 1580 g/mol. The van der Waals surface area contributed by atoms with Crippen molar-refractivity contribution in [1.82, 2.24) is 148 Å². The second kappa shape index (κ2) is 39.2. The smallest absolute Gasteiger partial charge is 0.394 e. The minimum Gasteiger partial charge on any atom is -0.394 e. The average molecular weight is 1690 g/mol. The first-order valence-electron chi connectivity index (χ1n) is 40.1. The Morgan fingerprint density at radius 2 is 0.849 bits per heavy atom. The molecule has 658 valence electrons. The number of nitrogens with one attached hydrogen (secondary N) is 1. The maximum Gasteiger partial charge on any atom is 0.408 e. The molecule has 8 aliphatic rings. The van der Waals surface area contributed by atoms with Crippen LogP contribution in [0.25, 0.3) is 0 Å². The van der Waals surface area contributed by atoms with Crippen molar-refractivity contribution in [1.29, 1.82) is 0 Å². The summed E-state index contributed by atoms with van der Waals surface area (Å²) in [6.07, 6.45) is 0.921. The lowest BCUT2D eigenvalue weighted by molar-refractivity contribution is -0.143. The highest BCUT2D eigenvalue weighted by Gasteiger charge is 2.52. The van der Waals surface area contributed by atoms with Crippen LogP contribution in [0.4, 0.5) is 58.6 Å². The van der Waals surface area contributed by atoms with Crippen LogP contribution in [0.3, 0.4) is 0 Å². The molecule has 45 heteroatoms. The van der Waals surface area contributed by atoms with Crippen LogP contribution in [0, 0.1) is 69.2 Å². The van der Waals surface area contributed by atoms with Crippen LogP contribution in [-0.2, 0) is 86.4 Å². The Morgan fingerprint density at radius 1 is 0.437 bits per heavy atom. The molecule has 7 aliphatic carbocycles. The molecule has 0 amide bonds. The van der Waals surface area contributed by atoms with Gasteiger partial charge in [-0.05, 0) is 201 Å². The second-order valence-corrected chi connectivity index (χ2v) is 30.5. The molecule has 18 rings (SSSR count). The first-order chi connectivity index (χ1) is 56.0. The molecule has 1 aliphatic heterocycles. The van der Waals surface area contributed by atoms with E-state index in [1.165, 1.54) is 29.3 Å². The highest BCUT2D eigenvalue weighted by atomic mass is 19.4. The highest BCUT2D eigenvalue weighted by Crippen LogP contribution is 2.52. The maximum absolute atomic E-state index is 13.7. The molecule has 11 heterocycles. The van der Waals surface area contributed by atoms with Crippen molar-refractivity contribution < 1.29 is 62.5 Å². The van der Waals surface area contributed by atoms with Crippen LogP contribution in [0.2, 0.25) is 0 Å². The molecule has 8 fully saturated rings. The van der Waals surface area contributed by atoms with Crippen LogP contribution in [-0.4, -0.2) is 192 Å². The molecule has 0 radical (unpaired) electrons. The number of aromatic nitrogens is 30. The Balaban J connectivity index is 0.000000151. The van der Waals surface area contributed by atoms with Crippen LogP contribution in [0.5, 0.6) is 0 Å². The monoisotopic (exact) mass is 1690 g/mol. The van der Waals surface area contributed by atoms with E-state index in [1.54, 1.807) is 76.5 Å². The van der Waals surface area contributed by atoms with E-state index in [0.717, 1.165) is 90.8 Å². The number of anilines is 1. The Kier molecular flexibility index (Phi) is 30.7. The molecule has 10 aromatic rings. The summed E-state index contributed by atoms with van der Waals surface area (Å²) in [5, 5.41) is 51.2. The number of rotatable bonds is 18. The lowest BCUT2D eigenvalue weighted by atomic mass is 10.3. The number of aryl methyl sites for hydroxylation is 16. The fraction of sp³-hybridized carbons (Fsp3) is 0.730. The zero-order valence-electron chi connectivity index (χ0n) is 70.9. The van der Waals surface area contributed by atoms with Gasteiger partial charge in [-0.15, -0.1) is 0 Å². The van der Waals surface area contributed by atoms with Gasteiger partial charge in [0.1, 0.15) is 76.4 Å². The van der Waals surface area contributed by atoms with Gasteiger partial charge in [0.25, 0.3) is 12.9 Å². The van der Waals surface area contributed by atoms with Crippen molar-refractivity contribution in [3.63, 3.8) is 0 Å². The topological polar surface area (TPSA) is 351 Å². The quantitative estimate of drug-likeness (QED) is 0.0753. The third kappa shape index (κ3) is 26.1. The Morgan fingerprint density at radius 3 is 1.28 bits per heavy atom. The Labute approximate surface area is 681 Å². The second-order valence-electron chi connectivity index (χ2n) is 30.5. The third-order valence-corrected chi connectivity index (χ3v) is 19.3. The number of hydrogen-bond acceptors (Lipinski definition) is 23. The normalized spacial score (nSPS) is 17.4. The van der Waals surface area contributed by atoms with Crippen molar-refractivity contribution in [2.24, 2.45) is 14.1 Å². The summed E-state index contributed by atoms with van der Waals surface area (Å²) in [4.78, 5) is 42.3. The molecule has 10 aromatic heterocycles. The third-order valence-electron chi connectivity index (χ3n) is 19.3. The van der Waals surface area contributed by atoms with Gasteiger partial charge in [-0.1, -0.05) is 0 Å². The SMILES string of the molecule is CCn1nc(C)nc1C(F)F.CCn1nc(C)nc1C1(F)CC1.CCn1nc(C)nc1N1CCOCC1.CCn1nc(C2(F)CC2)nc1C.Cc1nc(C(F)F)n(C)n1.Cc1nc(C2(F)CC2)n(C(C)C)n1.Cc1nc(C2(F)CC2)n(C)n1.Cc1nc(C2(F)CC2)n[nH]1.Cc1nc(C2CC2)n(CC(F)(F)F)n1.Cc1nc(C2CC2)n(CCO)n1. The first-order valence-corrected chi connectivity index (χ1v) is 40.1. The number of H-pyrrole nitrogens is 1. The van der Waals surface area contributed by atoms with Crippen LogP contribution < -0.4 is 4.90 Å². The Hall–Kier alpha value is -9.72. The van der Waals surface area contributed by atoms with E-state index >= 15 is 0 Å². The highest BCUT2D eigenvalue weighted by molar-refractivity contribution is 5.31. The number of morpholine rings is 1. The number of nitrogens with zero attached hydrogens (tertiary/aromatic N) is 30. The molecule has 33 nitrogen and oxygen atoms in total. The van der Waals surface area contributed by atoms with Crippen molar-refractivity contribution in [3.05, 3.63) is 111 Å². The van der Waals surface area contributed by atoms with Gasteiger partial charge < -0.3 is 14.7 Å². The first kappa shape index (κ1) is 93.2. The molecule has 119 heavy (non-hydrogen) atoms. The van der Waals surface area contributed by atoms with E-state index in [2.05, 4.69) is 118 Å². The number of aromatic amines is 1. The molecule has 0 atom stereocenters. The molecule has 0 spiro atoms. The lowest BCUT2D eigenvalue weighted by Gasteiger charge is -2.27. The van der Waals surface area contributed by atoms with Gasteiger partial charge in [-0.25, -0.2) is 122 Å². The molecule has 0 aromatic carbocycles. The summed E-state index contributed by atoms with van der Waals surface area (Å²) >= 11 is 0. The molecule has 0 bridgehead atoms. The molecule has 0 unspecified atom stereocenters. The zero-order valence-corrected chi connectivity index (χ0v) is 70.9. The van der Waals surface area contributed by atoms with E-state index in [-0.39, 0.29) is 30.2 Å². The molecular formula is C74H111F12N31O2. The fourth-order valence-electron chi connectivity index (χ4n) is 12.1. The number of hydrogen-bond donors (Lipinski definition) is 2. The van der Waals surface area contributed by atoms with Gasteiger partial charge in [-0.2, -0.15) is 69.1 Å². The van der Waals surface area contributed by atoms with Crippen molar-refractivity contribution in [2.75, 3.05) is 37.8 Å². The minimum atomic E-state index is -4.22. The van der Waals surface area contributed by atoms with Crippen molar-refractivity contribution in [3.8, 4) is 0 Å². The van der Waals surface area contributed by atoms with Gasteiger partial charge in [-0.3, -0.25) is 9.78 Å². The van der Waals surface area contributed by atoms with E-state index in [1.807, 2.05) is 57.8 Å². The minimum absolute atomic E-state index is 0.141. The summed E-state index contributed by atoms with van der Waals surface area (Å²) < 4.78 is 171. The predicted molar refractivity (Wildman–Crippen MR) is 409 cm³/mol. The molecule has 1 saturated heterocycles. The summed E-state index contributed by atoms with van der Waals surface area (Å²) in [5.74, 6) is 11.3. The largest absolute Gasteiger partial charge is 0.408 e. The molecule has 7 saturated carbocycles. The summed E-state index contributed by atoms with van der Waals surface area (Å²) in [7, 11) is 3.18. The Bertz CT molecular complexity index is 4850. The van der Waals surface area contributed by atoms with Crippen molar-refractivity contribution >= 4 is 5.95 Å². The number of alkyl halides is 12. The number of halogens is 12. The van der Waals surface area contributed by atoms with Crippen LogP contribution >= 0.6 is 0 Å². The summed E-state index contributed by atoms with van der Waals surface area (Å²) in [6, 6.07) is 0.185. The number of aliphatic hydroxyl groups excluding tert-OH is 1. The molecule has 2 N–H and O–H groups in total. The van der Waals surface area contributed by atoms with Crippen LogP contribution in [0.15, 0.2) is 0 Å². The number of ether oxygens (including phenoxy) is 1. The fourth-order valence-corrected chi connectivity index (χ4v) is 12.1. The average Bonchev–Trinajstić information content (AvgIpc) is 1.62. The van der Waals surface area contributed by atoms with Gasteiger partial charge in [0.2, 0.25) is 5.95 Å². The predicted octanol–water partition coefficient (Wildman–Crippen LogP) is 12.9. The van der Waals surface area contributed by atoms with E-state index in [0.29, 0.717) is 165 Å². The maximum atomic E-state index is 13.7. The van der Waals surface area contributed by atoms with Gasteiger partial charge >= 0.3 is 6.18 Å². The zero-order chi connectivity index (χ0) is 87.4. The van der Waals surface area contributed by atoms with E-state index < -0.39 is 53.9 Å². The van der Waals surface area contributed by atoms with Crippen molar-refractivity contribution in [2.45, 2.75) is 305 Å². The number of aliphatic hydroxyl groups is 1. The van der Waals surface area contributed by atoms with E-state index in [9.17, 15) is 52.7 Å². The summed E-state index contributed by atoms with van der Waals surface area (Å²) in [5.41, 5.74) is -5.87. The standard InChI is InChI=1S/C9H14FN3.C9H16N4O.C8H10F3N3.2C8H12FN3.C8H13N3O.C7H10FN3.C6H9F2N3.C6H8FN3.C5H7F2N3/c1-6(2)13-8(9(10)4-5-9)11-7(3)12-13;1-3-13-9(10-8(2)11-13)12-4-6-14-7-5-12;1-5-12-7(6-2-3-6)14(13-5)4-8(9,10)11;1-3-12-6(2)10-7(11-12)8(9)4-5-8;1-3-12-7(8(9)4-5-8)10-6(2)11-12;1-6-9-8(7-2-3-7)11(10-6)4-5-12;1-5-9-6(11(2)10-5)7(8)3-4-7;1-3-11-6(5(7)8)9-4(2)10-11;1-4-8-5(10-9-4)6(7)2-3-6;1-3-8-5(4(6)7)10(2)9-3/h6H,4-5H2,1-3H3;3-7H2,1-2H3;6H,2-4H2,1H3;2*3-5H2,1-2H3;7,12H,2-5H2,1H3;3-4H2,1-2H3;5H,3H2,1-2H3;2-3H2,1H3,(H,8,9,10);4H,1-2H3.